The second kappa shape index (κ2) is 5.94. The Labute approximate surface area is 105 Å². The maximum Gasteiger partial charge on any atom is 0.143 e. The first-order valence-electron chi connectivity index (χ1n) is 4.82. The van der Waals surface area contributed by atoms with Crippen LogP contribution in [0.5, 0.6) is 0 Å². The molecule has 0 heterocycles. The van der Waals surface area contributed by atoms with Crippen molar-refractivity contribution in [3.63, 3.8) is 0 Å². The van der Waals surface area contributed by atoms with Crippen LogP contribution in [-0.4, -0.2) is 4.83 Å². The van der Waals surface area contributed by atoms with Crippen LogP contribution in [0.3, 0.4) is 0 Å². The van der Waals surface area contributed by atoms with Crippen LogP contribution in [0.1, 0.15) is 25.3 Å². The lowest BCUT2D eigenvalue weighted by molar-refractivity contribution is 0.544. The molecular formula is C11H12Br2F2. The van der Waals surface area contributed by atoms with Crippen molar-refractivity contribution >= 4 is 31.9 Å². The van der Waals surface area contributed by atoms with Crippen LogP contribution < -0.4 is 0 Å². The van der Waals surface area contributed by atoms with Crippen LogP contribution in [0.25, 0.3) is 0 Å². The molecule has 0 radical (unpaired) electrons. The van der Waals surface area contributed by atoms with Gasteiger partial charge in [-0.25, -0.2) is 8.78 Å². The normalized spacial score (nSPS) is 12.9. The van der Waals surface area contributed by atoms with E-state index in [-0.39, 0.29) is 5.56 Å². The van der Waals surface area contributed by atoms with Crippen molar-refractivity contribution in [2.45, 2.75) is 31.0 Å². The van der Waals surface area contributed by atoms with E-state index < -0.39 is 11.6 Å². The number of rotatable bonds is 4. The molecule has 0 saturated carbocycles. The van der Waals surface area contributed by atoms with Crippen molar-refractivity contribution < 1.29 is 8.78 Å². The predicted octanol–water partition coefficient (Wildman–Crippen LogP) is 4.83. The molecule has 1 unspecified atom stereocenters. The summed E-state index contributed by atoms with van der Waals surface area (Å²) in [6, 6.07) is 2.68. The number of hydrogen-bond donors (Lipinski definition) is 0. The predicted molar refractivity (Wildman–Crippen MR) is 65.4 cm³/mol. The van der Waals surface area contributed by atoms with Crippen LogP contribution in [-0.2, 0) is 6.42 Å². The van der Waals surface area contributed by atoms with E-state index in [0.29, 0.717) is 15.7 Å². The molecule has 1 atom stereocenters. The summed E-state index contributed by atoms with van der Waals surface area (Å²) in [5.74, 6) is -0.947. The highest BCUT2D eigenvalue weighted by Gasteiger charge is 2.13. The van der Waals surface area contributed by atoms with Crippen molar-refractivity contribution in [1.29, 1.82) is 0 Å². The Balaban J connectivity index is 2.80. The Kier molecular flexibility index (Phi) is 5.19. The van der Waals surface area contributed by atoms with Gasteiger partial charge in [-0.05, 0) is 47.3 Å². The Morgan fingerprint density at radius 1 is 1.33 bits per heavy atom. The van der Waals surface area contributed by atoms with Gasteiger partial charge in [-0.3, -0.25) is 0 Å². The van der Waals surface area contributed by atoms with E-state index in [4.69, 9.17) is 0 Å². The Morgan fingerprint density at radius 2 is 2.00 bits per heavy atom. The average molecular weight is 342 g/mol. The monoisotopic (exact) mass is 340 g/mol. The molecule has 0 nitrogen and oxygen atoms in total. The summed E-state index contributed by atoms with van der Waals surface area (Å²) >= 11 is 6.50. The molecule has 0 bridgehead atoms. The first kappa shape index (κ1) is 13.1. The van der Waals surface area contributed by atoms with Gasteiger partial charge in [0.1, 0.15) is 11.6 Å². The van der Waals surface area contributed by atoms with Crippen molar-refractivity contribution in [2.24, 2.45) is 0 Å². The van der Waals surface area contributed by atoms with E-state index in [0.717, 1.165) is 12.8 Å². The zero-order chi connectivity index (χ0) is 11.4. The van der Waals surface area contributed by atoms with Crippen LogP contribution >= 0.6 is 31.9 Å². The van der Waals surface area contributed by atoms with Crippen LogP contribution in [0.2, 0.25) is 0 Å². The lowest BCUT2D eigenvalue weighted by Crippen LogP contribution is -2.02. The molecule has 1 aromatic carbocycles. The molecule has 0 aliphatic rings. The van der Waals surface area contributed by atoms with Crippen LogP contribution in [0.4, 0.5) is 8.78 Å². The summed E-state index contributed by atoms with van der Waals surface area (Å²) < 4.78 is 27.1. The van der Waals surface area contributed by atoms with Gasteiger partial charge in [-0.2, -0.15) is 0 Å². The van der Waals surface area contributed by atoms with Gasteiger partial charge in [0, 0.05) is 10.4 Å². The summed E-state index contributed by atoms with van der Waals surface area (Å²) in [7, 11) is 0. The molecule has 84 valence electrons. The highest BCUT2D eigenvalue weighted by atomic mass is 79.9. The van der Waals surface area contributed by atoms with Crippen molar-refractivity contribution in [3.05, 3.63) is 33.8 Å². The highest BCUT2D eigenvalue weighted by Crippen LogP contribution is 2.24. The molecule has 0 aliphatic carbocycles. The first-order chi connectivity index (χ1) is 7.06. The minimum atomic E-state index is -0.481. The summed E-state index contributed by atoms with van der Waals surface area (Å²) in [4.78, 5) is 0.315. The van der Waals surface area contributed by atoms with E-state index in [1.807, 2.05) is 6.92 Å². The first-order valence-corrected chi connectivity index (χ1v) is 6.53. The van der Waals surface area contributed by atoms with Gasteiger partial charge < -0.3 is 0 Å². The fraction of sp³-hybridized carbons (Fsp3) is 0.455. The molecule has 0 amide bonds. The van der Waals surface area contributed by atoms with Crippen LogP contribution in [0, 0.1) is 11.6 Å². The standard InChI is InChI=1S/C11H12Br2F2/c1-2-7(12)3-4-8-10(14)6-5-9(13)11(8)15/h5-7H,2-4H2,1H3. The largest absolute Gasteiger partial charge is 0.207 e. The molecule has 0 fully saturated rings. The quantitative estimate of drug-likeness (QED) is 0.543. The minimum Gasteiger partial charge on any atom is -0.207 e. The molecule has 4 heteroatoms. The number of halogens is 4. The van der Waals surface area contributed by atoms with Crippen LogP contribution in [0.15, 0.2) is 16.6 Å². The van der Waals surface area contributed by atoms with Crippen molar-refractivity contribution in [2.75, 3.05) is 0 Å². The lowest BCUT2D eigenvalue weighted by atomic mass is 10.1. The molecule has 0 aromatic heterocycles. The average Bonchev–Trinajstić information content (AvgIpc) is 2.23. The fourth-order valence-corrected chi connectivity index (χ4v) is 1.90. The Bertz CT molecular complexity index is 340. The van der Waals surface area contributed by atoms with Crippen molar-refractivity contribution in [3.8, 4) is 0 Å². The van der Waals surface area contributed by atoms with E-state index in [9.17, 15) is 8.78 Å². The van der Waals surface area contributed by atoms with E-state index in [1.165, 1.54) is 12.1 Å². The Morgan fingerprint density at radius 3 is 2.60 bits per heavy atom. The zero-order valence-corrected chi connectivity index (χ0v) is 11.5. The molecule has 1 rings (SSSR count). The third-order valence-corrected chi connectivity index (χ3v) is 4.01. The lowest BCUT2D eigenvalue weighted by Gasteiger charge is -2.09. The number of alkyl halides is 1. The fourth-order valence-electron chi connectivity index (χ4n) is 1.30. The Hall–Kier alpha value is 0.0400. The van der Waals surface area contributed by atoms with Gasteiger partial charge in [-0.1, -0.05) is 22.9 Å². The highest BCUT2D eigenvalue weighted by molar-refractivity contribution is 9.10. The third kappa shape index (κ3) is 3.52. The second-order valence-electron chi connectivity index (χ2n) is 3.37. The smallest absolute Gasteiger partial charge is 0.143 e. The van der Waals surface area contributed by atoms with E-state index >= 15 is 0 Å². The molecule has 0 spiro atoms. The molecule has 0 aliphatic heterocycles. The zero-order valence-electron chi connectivity index (χ0n) is 8.37. The summed E-state index contributed by atoms with van der Waals surface area (Å²) in [6.07, 6.45) is 2.11. The molecule has 0 N–H and O–H groups in total. The van der Waals surface area contributed by atoms with Crippen molar-refractivity contribution in [1.82, 2.24) is 0 Å². The van der Waals surface area contributed by atoms with Gasteiger partial charge >= 0.3 is 0 Å². The second-order valence-corrected chi connectivity index (χ2v) is 5.52. The van der Waals surface area contributed by atoms with Gasteiger partial charge in [-0.15, -0.1) is 0 Å². The maximum atomic E-state index is 13.5. The van der Waals surface area contributed by atoms with Gasteiger partial charge in [0.15, 0.2) is 0 Å². The molecule has 15 heavy (non-hydrogen) atoms. The van der Waals surface area contributed by atoms with E-state index in [1.54, 1.807) is 0 Å². The SMILES string of the molecule is CCC(Br)CCc1c(F)ccc(Br)c1F. The topological polar surface area (TPSA) is 0 Å². The summed E-state index contributed by atoms with van der Waals surface area (Å²) in [6.45, 7) is 2.03. The summed E-state index contributed by atoms with van der Waals surface area (Å²) in [5, 5.41) is 0. The third-order valence-electron chi connectivity index (χ3n) is 2.29. The maximum absolute atomic E-state index is 13.5. The van der Waals surface area contributed by atoms with Gasteiger partial charge in [0.25, 0.3) is 0 Å². The number of hydrogen-bond acceptors (Lipinski definition) is 0. The number of benzene rings is 1. The molecular weight excluding hydrogens is 330 g/mol. The summed E-state index contributed by atoms with van der Waals surface area (Å²) in [5.41, 5.74) is 0.169. The molecule has 1 aromatic rings. The molecule has 0 saturated heterocycles. The van der Waals surface area contributed by atoms with Gasteiger partial charge in [0.05, 0.1) is 4.47 Å². The van der Waals surface area contributed by atoms with E-state index in [2.05, 4.69) is 31.9 Å². The van der Waals surface area contributed by atoms with Gasteiger partial charge in [0.2, 0.25) is 0 Å². The minimum absolute atomic E-state index is 0.169.